The number of hydrogen-bond donors (Lipinski definition) is 1. The molecule has 1 fully saturated rings. The van der Waals surface area contributed by atoms with Crippen LogP contribution >= 0.6 is 12.2 Å². The number of anilines is 1. The third-order valence-corrected chi connectivity index (χ3v) is 4.66. The largest absolute Gasteiger partial charge is 0.467 e. The molecule has 0 amide bonds. The molecule has 2 heterocycles. The Morgan fingerprint density at radius 1 is 1.28 bits per heavy atom. The molecule has 0 atom stereocenters. The van der Waals surface area contributed by atoms with Gasteiger partial charge in [0, 0.05) is 31.7 Å². The van der Waals surface area contributed by atoms with Gasteiger partial charge in [-0.3, -0.25) is 4.79 Å². The summed E-state index contributed by atoms with van der Waals surface area (Å²) >= 11 is 5.42. The number of carbonyl (C=O) groups excluding carboxylic acids is 1. The predicted octanol–water partition coefficient (Wildman–Crippen LogP) is 2.82. The third kappa shape index (κ3) is 4.17. The van der Waals surface area contributed by atoms with Crippen LogP contribution in [-0.4, -0.2) is 42.0 Å². The normalized spacial score (nSPS) is 14.5. The van der Waals surface area contributed by atoms with Crippen LogP contribution in [0.1, 0.15) is 23.0 Å². The van der Waals surface area contributed by atoms with Gasteiger partial charge in [-0.2, -0.15) is 0 Å². The molecule has 0 bridgehead atoms. The van der Waals surface area contributed by atoms with Gasteiger partial charge in [0.05, 0.1) is 18.5 Å². The molecule has 5 nitrogen and oxygen atoms in total. The van der Waals surface area contributed by atoms with Gasteiger partial charge in [0.15, 0.2) is 10.9 Å². The van der Waals surface area contributed by atoms with E-state index in [1.54, 1.807) is 18.4 Å². The summed E-state index contributed by atoms with van der Waals surface area (Å²) in [5.74, 6) is 0.330. The number of ketones is 1. The Morgan fingerprint density at radius 3 is 2.64 bits per heavy atom. The van der Waals surface area contributed by atoms with E-state index in [0.29, 0.717) is 49.1 Å². The second-order valence-corrected chi connectivity index (χ2v) is 6.32. The van der Waals surface area contributed by atoms with Crippen molar-refractivity contribution in [3.05, 3.63) is 53.7 Å². The molecule has 1 aromatic carbocycles. The number of Topliss-reactive ketones (excluding diaryl/α,β-unsaturated/α-hetero) is 1. The van der Waals surface area contributed by atoms with Crippen molar-refractivity contribution in [3.8, 4) is 0 Å². The fourth-order valence-corrected chi connectivity index (χ4v) is 3.08. The molecule has 2 aromatic rings. The molecule has 1 saturated heterocycles. The molecule has 25 heavy (non-hydrogen) atoms. The van der Waals surface area contributed by atoms with Gasteiger partial charge in [0.2, 0.25) is 0 Å². The monoisotopic (exact) mass is 361 g/mol. The topological polar surface area (TPSA) is 48.7 Å². The van der Waals surface area contributed by atoms with Gasteiger partial charge < -0.3 is 19.5 Å². The second-order valence-electron chi connectivity index (χ2n) is 5.93. The summed E-state index contributed by atoms with van der Waals surface area (Å²) in [6, 6.07) is 8.38. The Morgan fingerprint density at radius 2 is 2.04 bits per heavy atom. The van der Waals surface area contributed by atoms with E-state index in [1.807, 2.05) is 17.0 Å². The van der Waals surface area contributed by atoms with Crippen LogP contribution in [0.2, 0.25) is 0 Å². The molecule has 1 N–H and O–H groups in total. The van der Waals surface area contributed by atoms with Crippen LogP contribution < -0.4 is 10.2 Å². The number of nitrogens with zero attached hydrogens (tertiary/aromatic N) is 2. The van der Waals surface area contributed by atoms with E-state index in [1.165, 1.54) is 13.0 Å². The van der Waals surface area contributed by atoms with Crippen LogP contribution in [0, 0.1) is 5.82 Å². The first-order chi connectivity index (χ1) is 12.0. The zero-order chi connectivity index (χ0) is 17.8. The summed E-state index contributed by atoms with van der Waals surface area (Å²) in [6.45, 7) is 4.73. The first-order valence-electron chi connectivity index (χ1n) is 8.15. The Kier molecular flexibility index (Phi) is 5.33. The summed E-state index contributed by atoms with van der Waals surface area (Å²) in [6.07, 6.45) is 1.63. The summed E-state index contributed by atoms with van der Waals surface area (Å²) in [4.78, 5) is 15.4. The smallest absolute Gasteiger partial charge is 0.169 e. The zero-order valence-electron chi connectivity index (χ0n) is 14.0. The predicted molar refractivity (Wildman–Crippen MR) is 98.3 cm³/mol. The minimum Gasteiger partial charge on any atom is -0.467 e. The van der Waals surface area contributed by atoms with Gasteiger partial charge in [-0.05, 0) is 49.5 Å². The highest BCUT2D eigenvalue weighted by atomic mass is 32.1. The number of halogens is 1. The van der Waals surface area contributed by atoms with E-state index in [9.17, 15) is 9.18 Å². The molecule has 3 rings (SSSR count). The molecule has 132 valence electrons. The van der Waals surface area contributed by atoms with Crippen LogP contribution in [0.15, 0.2) is 41.0 Å². The van der Waals surface area contributed by atoms with Crippen LogP contribution in [0.5, 0.6) is 0 Å². The summed E-state index contributed by atoms with van der Waals surface area (Å²) in [7, 11) is 0. The van der Waals surface area contributed by atoms with Crippen molar-refractivity contribution in [3.63, 3.8) is 0 Å². The Labute approximate surface area is 151 Å². The Bertz CT molecular complexity index is 756. The minimum absolute atomic E-state index is 0.136. The fourth-order valence-electron chi connectivity index (χ4n) is 2.82. The molecular formula is C18H20FN3O2S. The maximum absolute atomic E-state index is 14.3. The van der Waals surface area contributed by atoms with E-state index in [0.717, 1.165) is 5.76 Å². The molecule has 0 spiro atoms. The number of piperazine rings is 1. The van der Waals surface area contributed by atoms with Gasteiger partial charge in [-0.1, -0.05) is 0 Å². The van der Waals surface area contributed by atoms with Crippen LogP contribution in [0.3, 0.4) is 0 Å². The van der Waals surface area contributed by atoms with E-state index < -0.39 is 0 Å². The first kappa shape index (κ1) is 17.4. The van der Waals surface area contributed by atoms with Gasteiger partial charge in [-0.25, -0.2) is 4.39 Å². The van der Waals surface area contributed by atoms with Crippen molar-refractivity contribution >= 4 is 28.8 Å². The van der Waals surface area contributed by atoms with Crippen molar-refractivity contribution in [2.24, 2.45) is 0 Å². The fraction of sp³-hybridized carbons (Fsp3) is 0.333. The molecular weight excluding hydrogens is 341 g/mol. The highest BCUT2D eigenvalue weighted by Gasteiger charge is 2.21. The lowest BCUT2D eigenvalue weighted by molar-refractivity contribution is 0.101. The van der Waals surface area contributed by atoms with Crippen LogP contribution in [-0.2, 0) is 6.54 Å². The van der Waals surface area contributed by atoms with Crippen molar-refractivity contribution in [1.29, 1.82) is 0 Å². The van der Waals surface area contributed by atoms with Crippen molar-refractivity contribution < 1.29 is 13.6 Å². The maximum Gasteiger partial charge on any atom is 0.169 e. The van der Waals surface area contributed by atoms with Gasteiger partial charge >= 0.3 is 0 Å². The summed E-state index contributed by atoms with van der Waals surface area (Å²) in [5.41, 5.74) is 0.919. The van der Waals surface area contributed by atoms with Crippen LogP contribution in [0.4, 0.5) is 10.1 Å². The molecule has 0 aliphatic carbocycles. The average molecular weight is 361 g/mol. The average Bonchev–Trinajstić information content (AvgIpc) is 3.13. The number of hydrogen-bond acceptors (Lipinski definition) is 4. The van der Waals surface area contributed by atoms with Gasteiger partial charge in [0.1, 0.15) is 11.6 Å². The SMILES string of the molecule is CC(=O)c1ccc(N2CCN(C(=S)NCc3ccco3)CC2)c(F)c1. The summed E-state index contributed by atoms with van der Waals surface area (Å²) in [5, 5.41) is 3.84. The lowest BCUT2D eigenvalue weighted by atomic mass is 10.1. The van der Waals surface area contributed by atoms with Crippen molar-refractivity contribution in [1.82, 2.24) is 10.2 Å². The lowest BCUT2D eigenvalue weighted by Crippen LogP contribution is -2.51. The molecule has 1 aliphatic heterocycles. The number of carbonyl (C=O) groups is 1. The first-order valence-corrected chi connectivity index (χ1v) is 8.56. The molecule has 0 saturated carbocycles. The van der Waals surface area contributed by atoms with E-state index in [-0.39, 0.29) is 11.6 Å². The number of rotatable bonds is 4. The van der Waals surface area contributed by atoms with Gasteiger partial charge in [-0.15, -0.1) is 0 Å². The number of furan rings is 1. The number of thiocarbonyl (C=S) groups is 1. The minimum atomic E-state index is -0.361. The van der Waals surface area contributed by atoms with Gasteiger partial charge in [0.25, 0.3) is 0 Å². The molecule has 1 aliphatic rings. The Hall–Kier alpha value is -2.41. The zero-order valence-corrected chi connectivity index (χ0v) is 14.8. The number of nitrogens with one attached hydrogen (secondary N) is 1. The second kappa shape index (κ2) is 7.65. The lowest BCUT2D eigenvalue weighted by Gasteiger charge is -2.37. The van der Waals surface area contributed by atoms with Crippen LogP contribution in [0.25, 0.3) is 0 Å². The van der Waals surface area contributed by atoms with E-state index >= 15 is 0 Å². The van der Waals surface area contributed by atoms with Crippen molar-refractivity contribution in [2.45, 2.75) is 13.5 Å². The standard InChI is InChI=1S/C18H20FN3O2S/c1-13(23)14-4-5-17(16(19)11-14)21-6-8-22(9-7-21)18(25)20-12-15-3-2-10-24-15/h2-5,10-11H,6-9,12H2,1H3,(H,20,25). The van der Waals surface area contributed by atoms with E-state index in [2.05, 4.69) is 10.2 Å². The maximum atomic E-state index is 14.3. The Balaban J connectivity index is 1.54. The quantitative estimate of drug-likeness (QED) is 0.668. The highest BCUT2D eigenvalue weighted by molar-refractivity contribution is 7.80. The molecule has 0 unspecified atom stereocenters. The van der Waals surface area contributed by atoms with Crippen molar-refractivity contribution in [2.75, 3.05) is 31.1 Å². The molecule has 7 heteroatoms. The highest BCUT2D eigenvalue weighted by Crippen LogP contribution is 2.22. The number of benzene rings is 1. The third-order valence-electron chi connectivity index (χ3n) is 4.26. The molecule has 0 radical (unpaired) electrons. The van der Waals surface area contributed by atoms with E-state index in [4.69, 9.17) is 16.6 Å². The molecule has 1 aromatic heterocycles. The summed E-state index contributed by atoms with van der Waals surface area (Å²) < 4.78 is 19.5.